The van der Waals surface area contributed by atoms with Gasteiger partial charge < -0.3 is 16.0 Å². The van der Waals surface area contributed by atoms with Crippen LogP contribution in [0, 0.1) is 19.8 Å². The van der Waals surface area contributed by atoms with Crippen LogP contribution in [-0.4, -0.2) is 21.1 Å². The van der Waals surface area contributed by atoms with Crippen LogP contribution in [0.1, 0.15) is 36.5 Å². The first-order valence-corrected chi connectivity index (χ1v) is 12.2. The zero-order valence-corrected chi connectivity index (χ0v) is 21.3. The van der Waals surface area contributed by atoms with Crippen LogP contribution in [-0.2, 0) is 0 Å². The predicted molar refractivity (Wildman–Crippen MR) is 149 cm³/mol. The van der Waals surface area contributed by atoms with Crippen LogP contribution in [0.4, 0.5) is 11.4 Å². The number of anilines is 2. The summed E-state index contributed by atoms with van der Waals surface area (Å²) in [5, 5.41) is 9.87. The fraction of sp³-hybridized carbons (Fsp3) is 0.290. The quantitative estimate of drug-likeness (QED) is 0.360. The molecule has 3 aromatic rings. The van der Waals surface area contributed by atoms with E-state index in [4.69, 9.17) is 0 Å². The number of benzene rings is 3. The third-order valence-corrected chi connectivity index (χ3v) is 7.08. The molecule has 0 saturated heterocycles. The van der Waals surface area contributed by atoms with Gasteiger partial charge in [-0.3, -0.25) is 0 Å². The molecular weight excluding hydrogens is 414 g/mol. The molecular formula is C31H37N3. The molecule has 0 spiro atoms. The van der Waals surface area contributed by atoms with Crippen LogP contribution >= 0.6 is 0 Å². The number of hydrogen-bond acceptors (Lipinski definition) is 3. The predicted octanol–water partition coefficient (Wildman–Crippen LogP) is 7.64. The summed E-state index contributed by atoms with van der Waals surface area (Å²) in [5.74, 6) is 0.491. The molecule has 3 N–H and O–H groups in total. The molecule has 0 heterocycles. The Morgan fingerprint density at radius 3 is 1.65 bits per heavy atom. The maximum Gasteiger partial charge on any atom is 0.0340 e. The Balaban J connectivity index is 1.91. The van der Waals surface area contributed by atoms with Crippen molar-refractivity contribution < 1.29 is 0 Å². The van der Waals surface area contributed by atoms with Gasteiger partial charge in [0.05, 0.1) is 0 Å². The van der Waals surface area contributed by atoms with Gasteiger partial charge in [-0.15, -0.1) is 0 Å². The van der Waals surface area contributed by atoms with Gasteiger partial charge in [-0.25, -0.2) is 0 Å². The largest absolute Gasteiger partial charge is 0.391 e. The molecule has 1 atom stereocenters. The molecule has 1 aliphatic carbocycles. The normalized spacial score (nSPS) is 15.8. The molecule has 1 unspecified atom stereocenters. The average Bonchev–Trinajstić information content (AvgIpc) is 3.04. The molecule has 0 radical (unpaired) electrons. The van der Waals surface area contributed by atoms with Crippen LogP contribution in [0.5, 0.6) is 0 Å². The molecule has 34 heavy (non-hydrogen) atoms. The van der Waals surface area contributed by atoms with Gasteiger partial charge in [-0.2, -0.15) is 0 Å². The lowest BCUT2D eigenvalue weighted by atomic mass is 9.86. The molecule has 0 aliphatic heterocycles. The van der Waals surface area contributed by atoms with Crippen molar-refractivity contribution in [3.05, 3.63) is 89.1 Å². The molecule has 3 aromatic carbocycles. The van der Waals surface area contributed by atoms with Crippen molar-refractivity contribution in [1.29, 1.82) is 0 Å². The average molecular weight is 452 g/mol. The highest BCUT2D eigenvalue weighted by Crippen LogP contribution is 2.38. The van der Waals surface area contributed by atoms with E-state index in [0.717, 1.165) is 24.2 Å². The van der Waals surface area contributed by atoms with Crippen molar-refractivity contribution in [3.63, 3.8) is 0 Å². The first-order chi connectivity index (χ1) is 16.4. The SMILES string of the molecule is CNC1=CC=C(c2cc(-c3ccc(NC)cc3C)cc(-c3ccc(NC)cc3C)c2)C(C)CC1. The van der Waals surface area contributed by atoms with Crippen LogP contribution < -0.4 is 16.0 Å². The first kappa shape index (κ1) is 23.7. The van der Waals surface area contributed by atoms with Gasteiger partial charge in [-0.05, 0) is 126 Å². The summed E-state index contributed by atoms with van der Waals surface area (Å²) < 4.78 is 0. The zero-order chi connectivity index (χ0) is 24.2. The second-order valence-corrected chi connectivity index (χ2v) is 9.36. The van der Waals surface area contributed by atoms with Crippen molar-refractivity contribution in [3.8, 4) is 22.3 Å². The number of nitrogens with one attached hydrogen (secondary N) is 3. The van der Waals surface area contributed by atoms with E-state index in [1.807, 2.05) is 21.1 Å². The van der Waals surface area contributed by atoms with E-state index in [0.29, 0.717) is 5.92 Å². The molecule has 0 amide bonds. The second kappa shape index (κ2) is 10.2. The van der Waals surface area contributed by atoms with E-state index in [1.54, 1.807) is 0 Å². The summed E-state index contributed by atoms with van der Waals surface area (Å²) >= 11 is 0. The van der Waals surface area contributed by atoms with Gasteiger partial charge >= 0.3 is 0 Å². The van der Waals surface area contributed by atoms with E-state index in [1.165, 1.54) is 50.2 Å². The lowest BCUT2D eigenvalue weighted by Crippen LogP contribution is -2.06. The van der Waals surface area contributed by atoms with Gasteiger partial charge in [0.2, 0.25) is 0 Å². The van der Waals surface area contributed by atoms with Crippen LogP contribution in [0.3, 0.4) is 0 Å². The fourth-order valence-corrected chi connectivity index (χ4v) is 4.95. The van der Waals surface area contributed by atoms with Crippen LogP contribution in [0.2, 0.25) is 0 Å². The van der Waals surface area contributed by atoms with Gasteiger partial charge in [0, 0.05) is 38.2 Å². The number of allylic oxidation sites excluding steroid dienone is 4. The van der Waals surface area contributed by atoms with Crippen molar-refractivity contribution in [2.75, 3.05) is 31.8 Å². The van der Waals surface area contributed by atoms with Crippen LogP contribution in [0.25, 0.3) is 27.8 Å². The van der Waals surface area contributed by atoms with E-state index in [2.05, 4.69) is 103 Å². The Kier molecular flexibility index (Phi) is 7.12. The summed E-state index contributed by atoms with van der Waals surface area (Å²) in [6.07, 6.45) is 6.80. The summed E-state index contributed by atoms with van der Waals surface area (Å²) in [4.78, 5) is 0. The number of rotatable bonds is 6. The molecule has 0 aromatic heterocycles. The number of aryl methyl sites for hydroxylation is 2. The molecule has 0 fully saturated rings. The highest BCUT2D eigenvalue weighted by atomic mass is 14.8. The molecule has 4 rings (SSSR count). The lowest BCUT2D eigenvalue weighted by molar-refractivity contribution is 0.648. The maximum atomic E-state index is 3.35. The molecule has 0 bridgehead atoms. The highest BCUT2D eigenvalue weighted by Gasteiger charge is 2.17. The van der Waals surface area contributed by atoms with Gasteiger partial charge in [0.25, 0.3) is 0 Å². The van der Waals surface area contributed by atoms with E-state index in [9.17, 15) is 0 Å². The Hall–Kier alpha value is -3.46. The van der Waals surface area contributed by atoms with Gasteiger partial charge in [0.1, 0.15) is 0 Å². The Bertz CT molecular complexity index is 1180. The minimum atomic E-state index is 0.491. The topological polar surface area (TPSA) is 36.1 Å². The Morgan fingerprint density at radius 1 is 0.647 bits per heavy atom. The summed E-state index contributed by atoms with van der Waals surface area (Å²) in [6, 6.07) is 20.4. The molecule has 3 heteroatoms. The van der Waals surface area contributed by atoms with Crippen molar-refractivity contribution in [2.45, 2.75) is 33.6 Å². The minimum Gasteiger partial charge on any atom is -0.391 e. The van der Waals surface area contributed by atoms with Crippen molar-refractivity contribution >= 4 is 16.9 Å². The maximum absolute atomic E-state index is 3.35. The van der Waals surface area contributed by atoms with E-state index in [-0.39, 0.29) is 0 Å². The summed E-state index contributed by atoms with van der Waals surface area (Å²) in [5.41, 5.74) is 13.9. The van der Waals surface area contributed by atoms with Crippen molar-refractivity contribution in [1.82, 2.24) is 5.32 Å². The fourth-order valence-electron chi connectivity index (χ4n) is 4.95. The summed E-state index contributed by atoms with van der Waals surface area (Å²) in [7, 11) is 5.96. The van der Waals surface area contributed by atoms with Crippen molar-refractivity contribution in [2.24, 2.45) is 5.92 Å². The minimum absolute atomic E-state index is 0.491. The molecule has 3 nitrogen and oxygen atoms in total. The lowest BCUT2D eigenvalue weighted by Gasteiger charge is -2.19. The first-order valence-electron chi connectivity index (χ1n) is 12.2. The Morgan fingerprint density at radius 2 is 1.18 bits per heavy atom. The highest BCUT2D eigenvalue weighted by molar-refractivity contribution is 5.83. The number of hydrogen-bond donors (Lipinski definition) is 3. The molecule has 1 aliphatic rings. The third-order valence-electron chi connectivity index (χ3n) is 7.08. The second-order valence-electron chi connectivity index (χ2n) is 9.36. The van der Waals surface area contributed by atoms with Crippen LogP contribution in [0.15, 0.2) is 72.4 Å². The standard InChI is InChI=1S/C31H37N3/c1-20-7-8-26(32-4)9-12-29(20)23-17-24(30-13-10-27(33-5)15-21(30)2)19-25(18-23)31-14-11-28(34-6)16-22(31)3/h9-20,32-34H,7-8H2,1-6H3. The van der Waals surface area contributed by atoms with E-state index >= 15 is 0 Å². The van der Waals surface area contributed by atoms with Gasteiger partial charge in [0.15, 0.2) is 0 Å². The third kappa shape index (κ3) is 4.89. The monoisotopic (exact) mass is 451 g/mol. The van der Waals surface area contributed by atoms with E-state index < -0.39 is 0 Å². The molecule has 0 saturated carbocycles. The Labute approximate surface area is 205 Å². The molecule has 176 valence electrons. The van der Waals surface area contributed by atoms with Gasteiger partial charge in [-0.1, -0.05) is 25.1 Å². The summed E-state index contributed by atoms with van der Waals surface area (Å²) in [6.45, 7) is 6.75. The zero-order valence-electron chi connectivity index (χ0n) is 21.3. The smallest absolute Gasteiger partial charge is 0.0340 e.